The van der Waals surface area contributed by atoms with Gasteiger partial charge in [-0.2, -0.15) is 0 Å². The first-order chi connectivity index (χ1) is 12.3. The number of thioether (sulfide) groups is 1. The Morgan fingerprint density at radius 1 is 1.04 bits per heavy atom. The Kier molecular flexibility index (Phi) is 6.74. The molecule has 0 fully saturated rings. The van der Waals surface area contributed by atoms with Gasteiger partial charge in [0.05, 0.1) is 0 Å². The molecule has 0 aliphatic carbocycles. The second-order valence-corrected chi connectivity index (χ2v) is 6.84. The molecule has 26 heavy (non-hydrogen) atoms. The number of nitrogens with one attached hydrogen (secondary N) is 2. The van der Waals surface area contributed by atoms with Gasteiger partial charge in [0.15, 0.2) is 5.16 Å². The van der Waals surface area contributed by atoms with E-state index in [1.807, 2.05) is 39.2 Å². The summed E-state index contributed by atoms with van der Waals surface area (Å²) in [7, 11) is 0. The predicted molar refractivity (Wildman–Crippen MR) is 106 cm³/mol. The van der Waals surface area contributed by atoms with Crippen LogP contribution in [0, 0.1) is 20.8 Å². The highest BCUT2D eigenvalue weighted by Crippen LogP contribution is 2.24. The van der Waals surface area contributed by atoms with Crippen LogP contribution in [-0.2, 0) is 16.0 Å². The molecule has 0 saturated carbocycles. The van der Waals surface area contributed by atoms with Gasteiger partial charge >= 0.3 is 0 Å². The van der Waals surface area contributed by atoms with Crippen LogP contribution in [0.25, 0.3) is 0 Å². The molecule has 6 nitrogen and oxygen atoms in total. The molecule has 0 radical (unpaired) electrons. The van der Waals surface area contributed by atoms with Gasteiger partial charge in [0, 0.05) is 36.1 Å². The van der Waals surface area contributed by atoms with Crippen LogP contribution >= 0.6 is 11.8 Å². The van der Waals surface area contributed by atoms with E-state index < -0.39 is 0 Å². The number of rotatable bonds is 6. The van der Waals surface area contributed by atoms with Crippen molar-refractivity contribution in [1.82, 2.24) is 9.97 Å². The zero-order valence-corrected chi connectivity index (χ0v) is 16.6. The summed E-state index contributed by atoms with van der Waals surface area (Å²) >= 11 is 1.51. The number of aryl methyl sites for hydroxylation is 2. The fourth-order valence-electron chi connectivity index (χ4n) is 2.71. The highest BCUT2D eigenvalue weighted by Gasteiger charge is 2.12. The number of carbonyl (C=O) groups is 2. The van der Waals surface area contributed by atoms with E-state index >= 15 is 0 Å². The maximum absolute atomic E-state index is 12.4. The van der Waals surface area contributed by atoms with Crippen LogP contribution in [0.3, 0.4) is 0 Å². The molecule has 138 valence electrons. The Morgan fingerprint density at radius 3 is 2.15 bits per heavy atom. The number of nitrogens with zero attached hydrogens (tertiary/aromatic N) is 2. The van der Waals surface area contributed by atoms with Crippen molar-refractivity contribution in [3.63, 3.8) is 0 Å². The standard InChI is InChI=1S/C19H24N4O2S/c1-11-16(22-14(4)24)7-6-8-17(11)23-18(25)10-9-15-12(2)20-19(26-5)21-13(15)3/h6-8H,9-10H2,1-5H3,(H,22,24)(H,23,25). The van der Waals surface area contributed by atoms with Crippen LogP contribution in [-0.4, -0.2) is 28.0 Å². The van der Waals surface area contributed by atoms with Crippen molar-refractivity contribution in [2.24, 2.45) is 0 Å². The van der Waals surface area contributed by atoms with Crippen molar-refractivity contribution in [2.75, 3.05) is 16.9 Å². The first-order valence-corrected chi connectivity index (χ1v) is 9.59. The first-order valence-electron chi connectivity index (χ1n) is 8.37. The van der Waals surface area contributed by atoms with Gasteiger partial charge in [-0.1, -0.05) is 17.8 Å². The third kappa shape index (κ3) is 5.05. The molecule has 7 heteroatoms. The fourth-order valence-corrected chi connectivity index (χ4v) is 3.17. The molecule has 0 bridgehead atoms. The van der Waals surface area contributed by atoms with E-state index in [0.29, 0.717) is 24.2 Å². The van der Waals surface area contributed by atoms with Crippen molar-refractivity contribution in [2.45, 2.75) is 45.7 Å². The Morgan fingerprint density at radius 2 is 1.62 bits per heavy atom. The summed E-state index contributed by atoms with van der Waals surface area (Å²) in [6, 6.07) is 5.44. The van der Waals surface area contributed by atoms with Crippen LogP contribution < -0.4 is 10.6 Å². The summed E-state index contributed by atoms with van der Waals surface area (Å²) in [5.41, 5.74) is 5.07. The Labute approximate surface area is 158 Å². The summed E-state index contributed by atoms with van der Waals surface area (Å²) in [6.07, 6.45) is 2.87. The number of anilines is 2. The lowest BCUT2D eigenvalue weighted by Gasteiger charge is -2.13. The molecule has 0 spiro atoms. The predicted octanol–water partition coefficient (Wildman–Crippen LogP) is 3.65. The fraction of sp³-hybridized carbons (Fsp3) is 0.368. The maximum Gasteiger partial charge on any atom is 0.224 e. The molecule has 0 aliphatic rings. The Hall–Kier alpha value is -2.41. The molecule has 0 aliphatic heterocycles. The van der Waals surface area contributed by atoms with Crippen LogP contribution in [0.5, 0.6) is 0 Å². The third-order valence-corrected chi connectivity index (χ3v) is 4.65. The summed E-state index contributed by atoms with van der Waals surface area (Å²) in [5, 5.41) is 6.43. The van der Waals surface area contributed by atoms with Crippen molar-refractivity contribution in [1.29, 1.82) is 0 Å². The molecule has 2 rings (SSSR count). The lowest BCUT2D eigenvalue weighted by Crippen LogP contribution is -2.15. The number of benzene rings is 1. The molecule has 2 amide bonds. The van der Waals surface area contributed by atoms with E-state index in [1.54, 1.807) is 6.07 Å². The zero-order valence-electron chi connectivity index (χ0n) is 15.8. The van der Waals surface area contributed by atoms with Crippen molar-refractivity contribution in [3.8, 4) is 0 Å². The van der Waals surface area contributed by atoms with Crippen molar-refractivity contribution < 1.29 is 9.59 Å². The van der Waals surface area contributed by atoms with Gasteiger partial charge < -0.3 is 10.6 Å². The number of hydrogen-bond donors (Lipinski definition) is 2. The van der Waals surface area contributed by atoms with Gasteiger partial charge in [0.1, 0.15) is 0 Å². The molecular weight excluding hydrogens is 348 g/mol. The molecular formula is C19H24N4O2S. The SMILES string of the molecule is CSc1nc(C)c(CCC(=O)Nc2cccc(NC(C)=O)c2C)c(C)n1. The quantitative estimate of drug-likeness (QED) is 0.597. The smallest absolute Gasteiger partial charge is 0.224 e. The molecule has 1 heterocycles. The van der Waals surface area contributed by atoms with Gasteiger partial charge in [-0.15, -0.1) is 0 Å². The van der Waals surface area contributed by atoms with Gasteiger partial charge in [-0.3, -0.25) is 9.59 Å². The van der Waals surface area contributed by atoms with Gasteiger partial charge in [-0.05, 0) is 56.7 Å². The van der Waals surface area contributed by atoms with E-state index in [1.165, 1.54) is 18.7 Å². The summed E-state index contributed by atoms with van der Waals surface area (Å²) in [5.74, 6) is -0.225. The average molecular weight is 372 g/mol. The molecule has 2 N–H and O–H groups in total. The van der Waals surface area contributed by atoms with E-state index in [2.05, 4.69) is 20.6 Å². The largest absolute Gasteiger partial charge is 0.326 e. The molecule has 1 aromatic carbocycles. The van der Waals surface area contributed by atoms with E-state index in [0.717, 1.165) is 27.7 Å². The van der Waals surface area contributed by atoms with Gasteiger partial charge in [0.2, 0.25) is 11.8 Å². The molecule has 0 unspecified atom stereocenters. The second kappa shape index (κ2) is 8.80. The van der Waals surface area contributed by atoms with Crippen LogP contribution in [0.4, 0.5) is 11.4 Å². The van der Waals surface area contributed by atoms with Gasteiger partial charge in [0.25, 0.3) is 0 Å². The monoisotopic (exact) mass is 372 g/mol. The average Bonchev–Trinajstić information content (AvgIpc) is 2.57. The Balaban J connectivity index is 2.05. The van der Waals surface area contributed by atoms with E-state index in [9.17, 15) is 9.59 Å². The van der Waals surface area contributed by atoms with E-state index in [-0.39, 0.29) is 11.8 Å². The third-order valence-electron chi connectivity index (χ3n) is 4.10. The first kappa shape index (κ1) is 19.9. The zero-order chi connectivity index (χ0) is 19.3. The Bertz CT molecular complexity index is 813. The molecule has 1 aromatic heterocycles. The minimum absolute atomic E-state index is 0.0826. The van der Waals surface area contributed by atoms with Gasteiger partial charge in [-0.25, -0.2) is 9.97 Å². The normalized spacial score (nSPS) is 10.5. The number of carbonyl (C=O) groups excluding carboxylic acids is 2. The van der Waals surface area contributed by atoms with Crippen molar-refractivity contribution >= 4 is 35.0 Å². The lowest BCUT2D eigenvalue weighted by atomic mass is 10.1. The summed E-state index contributed by atoms with van der Waals surface area (Å²) in [4.78, 5) is 32.5. The summed E-state index contributed by atoms with van der Waals surface area (Å²) < 4.78 is 0. The minimum atomic E-state index is -0.142. The molecule has 0 atom stereocenters. The van der Waals surface area contributed by atoms with Crippen molar-refractivity contribution in [3.05, 3.63) is 40.7 Å². The number of hydrogen-bond acceptors (Lipinski definition) is 5. The second-order valence-electron chi connectivity index (χ2n) is 6.07. The van der Waals surface area contributed by atoms with Crippen LogP contribution in [0.15, 0.2) is 23.4 Å². The molecule has 2 aromatic rings. The lowest BCUT2D eigenvalue weighted by molar-refractivity contribution is -0.116. The van der Waals surface area contributed by atoms with Crippen LogP contribution in [0.1, 0.15) is 35.9 Å². The van der Waals surface area contributed by atoms with E-state index in [4.69, 9.17) is 0 Å². The summed E-state index contributed by atoms with van der Waals surface area (Å²) in [6.45, 7) is 7.22. The minimum Gasteiger partial charge on any atom is -0.326 e. The topological polar surface area (TPSA) is 84.0 Å². The maximum atomic E-state index is 12.4. The molecule has 0 saturated heterocycles. The van der Waals surface area contributed by atoms with Crippen LogP contribution in [0.2, 0.25) is 0 Å². The number of aromatic nitrogens is 2. The highest BCUT2D eigenvalue weighted by atomic mass is 32.2. The highest BCUT2D eigenvalue weighted by molar-refractivity contribution is 7.98. The number of amides is 2.